The molecule has 2 nitrogen and oxygen atoms in total. The van der Waals surface area contributed by atoms with Crippen LogP contribution in [-0.2, 0) is 0 Å². The highest BCUT2D eigenvalue weighted by Gasteiger charge is 1.99. The molecule has 1 heterocycles. The van der Waals surface area contributed by atoms with Gasteiger partial charge in [-0.3, -0.25) is 9.78 Å². The molecule has 0 unspecified atom stereocenters. The molecule has 0 spiro atoms. The van der Waals surface area contributed by atoms with Crippen LogP contribution in [0.25, 0.3) is 10.8 Å². The molecule has 0 atom stereocenters. The minimum atomic E-state index is 0.512. The standard InChI is InChI=1S/C11H9NO/c1-8-2-3-10-9(6-8)4-5-12-11(10)7-13/h2-7H,1H3. The SMILES string of the molecule is Cc1ccc2c(C=O)nccc2c1. The Morgan fingerprint density at radius 3 is 2.92 bits per heavy atom. The van der Waals surface area contributed by atoms with Crippen LogP contribution in [0, 0.1) is 6.92 Å². The van der Waals surface area contributed by atoms with E-state index in [-0.39, 0.29) is 0 Å². The largest absolute Gasteiger partial charge is 0.296 e. The Labute approximate surface area is 76.2 Å². The molecule has 0 amide bonds. The highest BCUT2D eigenvalue weighted by molar-refractivity contribution is 5.96. The maximum Gasteiger partial charge on any atom is 0.169 e. The molecular formula is C11H9NO. The third kappa shape index (κ3) is 1.31. The quantitative estimate of drug-likeness (QED) is 0.616. The lowest BCUT2D eigenvalue weighted by atomic mass is 10.1. The zero-order valence-corrected chi connectivity index (χ0v) is 7.32. The molecule has 0 fully saturated rings. The van der Waals surface area contributed by atoms with Crippen LogP contribution in [0.1, 0.15) is 16.1 Å². The van der Waals surface area contributed by atoms with Crippen molar-refractivity contribution in [3.63, 3.8) is 0 Å². The normalized spacial score (nSPS) is 10.2. The molecule has 0 N–H and O–H groups in total. The number of hydrogen-bond acceptors (Lipinski definition) is 2. The van der Waals surface area contributed by atoms with E-state index in [1.54, 1.807) is 6.20 Å². The molecule has 0 aliphatic carbocycles. The Hall–Kier alpha value is -1.70. The molecule has 0 saturated carbocycles. The fourth-order valence-corrected chi connectivity index (χ4v) is 1.41. The number of carbonyl (C=O) groups excluding carboxylic acids is 1. The van der Waals surface area contributed by atoms with Gasteiger partial charge in [0, 0.05) is 11.6 Å². The van der Waals surface area contributed by atoms with Gasteiger partial charge in [0.05, 0.1) is 0 Å². The molecule has 0 bridgehead atoms. The number of carbonyl (C=O) groups is 1. The lowest BCUT2D eigenvalue weighted by molar-refractivity contribution is 0.112. The first-order valence-corrected chi connectivity index (χ1v) is 4.12. The number of hydrogen-bond donors (Lipinski definition) is 0. The number of benzene rings is 1. The van der Waals surface area contributed by atoms with E-state index in [1.807, 2.05) is 31.2 Å². The second-order valence-electron chi connectivity index (χ2n) is 3.04. The summed E-state index contributed by atoms with van der Waals surface area (Å²) in [5, 5.41) is 1.99. The van der Waals surface area contributed by atoms with Crippen molar-refractivity contribution < 1.29 is 4.79 Å². The monoisotopic (exact) mass is 171 g/mol. The summed E-state index contributed by atoms with van der Waals surface area (Å²) in [7, 11) is 0. The molecule has 2 rings (SSSR count). The maximum absolute atomic E-state index is 10.6. The fourth-order valence-electron chi connectivity index (χ4n) is 1.41. The average Bonchev–Trinajstić information content (AvgIpc) is 2.16. The van der Waals surface area contributed by atoms with Gasteiger partial charge in [0.1, 0.15) is 5.69 Å². The summed E-state index contributed by atoms with van der Waals surface area (Å²) >= 11 is 0. The lowest BCUT2D eigenvalue weighted by Crippen LogP contribution is -1.88. The second kappa shape index (κ2) is 2.98. The summed E-state index contributed by atoms with van der Waals surface area (Å²) in [6.45, 7) is 2.03. The van der Waals surface area contributed by atoms with Crippen molar-refractivity contribution in [3.8, 4) is 0 Å². The van der Waals surface area contributed by atoms with Crippen LogP contribution in [0.3, 0.4) is 0 Å². The van der Waals surface area contributed by atoms with Crippen LogP contribution in [0.2, 0.25) is 0 Å². The summed E-state index contributed by atoms with van der Waals surface area (Å²) in [6.07, 6.45) is 2.45. The summed E-state index contributed by atoms with van der Waals surface area (Å²) in [6, 6.07) is 7.87. The highest BCUT2D eigenvalue weighted by Crippen LogP contribution is 2.16. The Kier molecular flexibility index (Phi) is 1.81. The van der Waals surface area contributed by atoms with Crippen LogP contribution in [0.15, 0.2) is 30.5 Å². The molecule has 0 saturated heterocycles. The molecule has 1 aromatic heterocycles. The van der Waals surface area contributed by atoms with E-state index in [0.717, 1.165) is 17.1 Å². The third-order valence-corrected chi connectivity index (χ3v) is 2.06. The Morgan fingerprint density at radius 1 is 1.31 bits per heavy atom. The summed E-state index contributed by atoms with van der Waals surface area (Å²) in [5.41, 5.74) is 1.70. The van der Waals surface area contributed by atoms with E-state index < -0.39 is 0 Å². The van der Waals surface area contributed by atoms with Gasteiger partial charge in [-0.05, 0) is 18.4 Å². The predicted molar refractivity (Wildman–Crippen MR) is 51.9 cm³/mol. The number of aldehydes is 1. The van der Waals surface area contributed by atoms with Gasteiger partial charge in [0.15, 0.2) is 6.29 Å². The molecule has 2 heteroatoms. The van der Waals surface area contributed by atoms with Gasteiger partial charge in [0.25, 0.3) is 0 Å². The summed E-state index contributed by atoms with van der Waals surface area (Å²) < 4.78 is 0. The van der Waals surface area contributed by atoms with Crippen LogP contribution in [0.4, 0.5) is 0 Å². The summed E-state index contributed by atoms with van der Waals surface area (Å²) in [4.78, 5) is 14.6. The minimum absolute atomic E-state index is 0.512. The van der Waals surface area contributed by atoms with Gasteiger partial charge in [0.2, 0.25) is 0 Å². The number of fused-ring (bicyclic) bond motifs is 1. The molecule has 13 heavy (non-hydrogen) atoms. The number of nitrogens with zero attached hydrogens (tertiary/aromatic N) is 1. The van der Waals surface area contributed by atoms with Crippen molar-refractivity contribution in [2.45, 2.75) is 6.92 Å². The van der Waals surface area contributed by atoms with Crippen molar-refractivity contribution in [2.75, 3.05) is 0 Å². The van der Waals surface area contributed by atoms with Gasteiger partial charge < -0.3 is 0 Å². The van der Waals surface area contributed by atoms with Crippen molar-refractivity contribution in [3.05, 3.63) is 41.7 Å². The van der Waals surface area contributed by atoms with Gasteiger partial charge in [-0.1, -0.05) is 23.8 Å². The number of pyridine rings is 1. The average molecular weight is 171 g/mol. The molecule has 64 valence electrons. The van der Waals surface area contributed by atoms with Crippen LogP contribution >= 0.6 is 0 Å². The smallest absolute Gasteiger partial charge is 0.169 e. The van der Waals surface area contributed by atoms with E-state index in [2.05, 4.69) is 4.98 Å². The van der Waals surface area contributed by atoms with Crippen LogP contribution in [0.5, 0.6) is 0 Å². The zero-order chi connectivity index (χ0) is 9.26. The van der Waals surface area contributed by atoms with Gasteiger partial charge in [-0.25, -0.2) is 0 Å². The molecule has 0 aliphatic heterocycles. The number of aryl methyl sites for hydroxylation is 1. The third-order valence-electron chi connectivity index (χ3n) is 2.06. The first-order chi connectivity index (χ1) is 6.31. The lowest BCUT2D eigenvalue weighted by Gasteiger charge is -2.00. The topological polar surface area (TPSA) is 30.0 Å². The van der Waals surface area contributed by atoms with Crippen molar-refractivity contribution in [2.24, 2.45) is 0 Å². The van der Waals surface area contributed by atoms with Gasteiger partial charge >= 0.3 is 0 Å². The second-order valence-corrected chi connectivity index (χ2v) is 3.04. The van der Waals surface area contributed by atoms with Gasteiger partial charge in [-0.2, -0.15) is 0 Å². The zero-order valence-electron chi connectivity index (χ0n) is 7.32. The van der Waals surface area contributed by atoms with E-state index in [0.29, 0.717) is 5.69 Å². The number of aromatic nitrogens is 1. The van der Waals surface area contributed by atoms with Crippen molar-refractivity contribution in [1.82, 2.24) is 4.98 Å². The van der Waals surface area contributed by atoms with Gasteiger partial charge in [-0.15, -0.1) is 0 Å². The number of rotatable bonds is 1. The summed E-state index contributed by atoms with van der Waals surface area (Å²) in [5.74, 6) is 0. The molecular weight excluding hydrogens is 162 g/mol. The molecule has 2 aromatic rings. The van der Waals surface area contributed by atoms with Crippen LogP contribution < -0.4 is 0 Å². The molecule has 0 aliphatic rings. The molecule has 0 radical (unpaired) electrons. The van der Waals surface area contributed by atoms with Crippen molar-refractivity contribution >= 4 is 17.1 Å². The first kappa shape index (κ1) is 7.92. The fraction of sp³-hybridized carbons (Fsp3) is 0.0909. The Bertz CT molecular complexity index is 463. The van der Waals surface area contributed by atoms with E-state index in [1.165, 1.54) is 5.56 Å². The highest BCUT2D eigenvalue weighted by atomic mass is 16.1. The Morgan fingerprint density at radius 2 is 2.15 bits per heavy atom. The van der Waals surface area contributed by atoms with Crippen molar-refractivity contribution in [1.29, 1.82) is 0 Å². The molecule has 1 aromatic carbocycles. The Balaban J connectivity index is 2.84. The predicted octanol–water partition coefficient (Wildman–Crippen LogP) is 2.36. The van der Waals surface area contributed by atoms with E-state index in [4.69, 9.17) is 0 Å². The van der Waals surface area contributed by atoms with Crippen LogP contribution in [-0.4, -0.2) is 11.3 Å². The minimum Gasteiger partial charge on any atom is -0.296 e. The van der Waals surface area contributed by atoms with E-state index in [9.17, 15) is 4.79 Å². The maximum atomic E-state index is 10.6. The first-order valence-electron chi connectivity index (χ1n) is 4.12. The van der Waals surface area contributed by atoms with E-state index >= 15 is 0 Å².